The second-order valence-corrected chi connectivity index (χ2v) is 12.8. The summed E-state index contributed by atoms with van der Waals surface area (Å²) >= 11 is 0. The third-order valence-electron chi connectivity index (χ3n) is 8.59. The first kappa shape index (κ1) is 32.2. The topological polar surface area (TPSA) is 75.7 Å². The van der Waals surface area contributed by atoms with Crippen molar-refractivity contribution in [2.75, 3.05) is 0 Å². The summed E-state index contributed by atoms with van der Waals surface area (Å²) in [6.45, 7) is 17.6. The van der Waals surface area contributed by atoms with E-state index < -0.39 is 11.9 Å². The molecular formula is C33H53O5-. The third kappa shape index (κ3) is 9.93. The van der Waals surface area contributed by atoms with Crippen molar-refractivity contribution in [3.63, 3.8) is 0 Å². The summed E-state index contributed by atoms with van der Waals surface area (Å²) in [6.07, 6.45) is 12.8. The van der Waals surface area contributed by atoms with Gasteiger partial charge in [0.05, 0.1) is 6.42 Å². The van der Waals surface area contributed by atoms with E-state index in [-0.39, 0.29) is 18.4 Å². The molecule has 1 heterocycles. The lowest BCUT2D eigenvalue weighted by atomic mass is 9.83. The Morgan fingerprint density at radius 2 is 1.45 bits per heavy atom. The van der Waals surface area contributed by atoms with Crippen LogP contribution >= 0.6 is 0 Å². The molecule has 0 fully saturated rings. The number of esters is 1. The molecule has 0 radical (unpaired) electrons. The van der Waals surface area contributed by atoms with E-state index in [0.29, 0.717) is 5.75 Å². The number of fused-ring (bicyclic) bond motifs is 1. The number of benzene rings is 1. The Hall–Kier alpha value is -2.04. The van der Waals surface area contributed by atoms with E-state index in [4.69, 9.17) is 9.47 Å². The van der Waals surface area contributed by atoms with Gasteiger partial charge in [0, 0.05) is 11.5 Å². The standard InChI is InChI=1S/C33H54O5/c1-22(2)12-9-13-23(3)14-10-15-24(4)16-11-20-33(8)21-19-28-27(7)31(25(5)26(6)32(28)38-33)37-30(36)18-17-29(34)35/h22-24H,9-21H2,1-8H3,(H,34,35)/p-1/t23-,24-,33-/m0/s1. The Morgan fingerprint density at radius 1 is 0.868 bits per heavy atom. The number of aliphatic carboxylic acids is 1. The molecular weight excluding hydrogens is 476 g/mol. The van der Waals surface area contributed by atoms with E-state index in [1.165, 1.54) is 51.4 Å². The van der Waals surface area contributed by atoms with Crippen molar-refractivity contribution in [3.8, 4) is 11.5 Å². The van der Waals surface area contributed by atoms with Crippen LogP contribution in [0.25, 0.3) is 0 Å². The average molecular weight is 530 g/mol. The van der Waals surface area contributed by atoms with Crippen molar-refractivity contribution < 1.29 is 24.2 Å². The number of carbonyl (C=O) groups is 2. The minimum absolute atomic E-state index is 0.187. The first-order chi connectivity index (χ1) is 17.8. The van der Waals surface area contributed by atoms with Crippen molar-refractivity contribution in [1.29, 1.82) is 0 Å². The van der Waals surface area contributed by atoms with Gasteiger partial charge in [-0.25, -0.2) is 0 Å². The van der Waals surface area contributed by atoms with Crippen LogP contribution in [0.15, 0.2) is 0 Å². The molecule has 0 spiro atoms. The monoisotopic (exact) mass is 529 g/mol. The number of carbonyl (C=O) groups excluding carboxylic acids is 2. The molecule has 3 atom stereocenters. The van der Waals surface area contributed by atoms with Gasteiger partial charge in [0.2, 0.25) is 0 Å². The van der Waals surface area contributed by atoms with Crippen molar-refractivity contribution in [1.82, 2.24) is 0 Å². The molecule has 5 nitrogen and oxygen atoms in total. The summed E-state index contributed by atoms with van der Waals surface area (Å²) in [5.41, 5.74) is 3.70. The van der Waals surface area contributed by atoms with Crippen molar-refractivity contribution in [2.24, 2.45) is 17.8 Å². The summed E-state index contributed by atoms with van der Waals surface area (Å²) in [6, 6.07) is 0. The molecule has 216 valence electrons. The molecule has 1 aliphatic rings. The maximum absolute atomic E-state index is 12.2. The maximum Gasteiger partial charge on any atom is 0.311 e. The Bertz CT molecular complexity index is 934. The van der Waals surface area contributed by atoms with Crippen LogP contribution in [0.4, 0.5) is 0 Å². The highest BCUT2D eigenvalue weighted by Gasteiger charge is 2.34. The number of hydrogen-bond donors (Lipinski definition) is 0. The number of rotatable bonds is 16. The summed E-state index contributed by atoms with van der Waals surface area (Å²) in [4.78, 5) is 22.9. The van der Waals surface area contributed by atoms with Crippen molar-refractivity contribution >= 4 is 11.9 Å². The molecule has 0 aliphatic carbocycles. The molecule has 0 saturated heterocycles. The number of hydrogen-bond acceptors (Lipinski definition) is 5. The van der Waals surface area contributed by atoms with Gasteiger partial charge in [-0.15, -0.1) is 0 Å². The van der Waals surface area contributed by atoms with Gasteiger partial charge in [-0.2, -0.15) is 0 Å². The lowest BCUT2D eigenvalue weighted by molar-refractivity contribution is -0.305. The fourth-order valence-electron chi connectivity index (χ4n) is 5.78. The van der Waals surface area contributed by atoms with Crippen LogP contribution in [-0.2, 0) is 16.0 Å². The van der Waals surface area contributed by atoms with Gasteiger partial charge >= 0.3 is 5.97 Å². The summed E-state index contributed by atoms with van der Waals surface area (Å²) in [5.74, 6) is 2.09. The van der Waals surface area contributed by atoms with Gasteiger partial charge in [-0.1, -0.05) is 72.6 Å². The Labute approximate surface area is 232 Å². The van der Waals surface area contributed by atoms with E-state index in [1.807, 2.05) is 20.8 Å². The smallest absolute Gasteiger partial charge is 0.311 e. The molecule has 5 heteroatoms. The zero-order valence-corrected chi connectivity index (χ0v) is 25.5. The number of carboxylic acid groups (broad SMARTS) is 1. The van der Waals surface area contributed by atoms with Crippen LogP contribution in [0.3, 0.4) is 0 Å². The summed E-state index contributed by atoms with van der Waals surface area (Å²) < 4.78 is 12.3. The van der Waals surface area contributed by atoms with E-state index in [0.717, 1.165) is 65.0 Å². The van der Waals surface area contributed by atoms with E-state index in [9.17, 15) is 14.7 Å². The number of ether oxygens (including phenoxy) is 2. The Kier molecular flexibility index (Phi) is 12.6. The normalized spacial score (nSPS) is 18.6. The minimum Gasteiger partial charge on any atom is -0.550 e. The van der Waals surface area contributed by atoms with Crippen LogP contribution in [0.2, 0.25) is 0 Å². The van der Waals surface area contributed by atoms with Crippen molar-refractivity contribution in [3.05, 3.63) is 22.3 Å². The molecule has 0 aromatic heterocycles. The molecule has 0 unspecified atom stereocenters. The maximum atomic E-state index is 12.2. The van der Waals surface area contributed by atoms with Crippen molar-refractivity contribution in [2.45, 2.75) is 144 Å². The third-order valence-corrected chi connectivity index (χ3v) is 8.59. The molecule has 0 N–H and O–H groups in total. The Balaban J connectivity index is 1.87. The van der Waals surface area contributed by atoms with Crippen LogP contribution in [0.5, 0.6) is 11.5 Å². The SMILES string of the molecule is Cc1c(C)c2c(c(C)c1OC(=O)CCC(=O)[O-])CC[C@](C)(CCC[C@@H](C)CCC[C@@H](C)CCCC(C)C)O2. The zero-order chi connectivity index (χ0) is 28.5. The molecule has 1 aromatic rings. The molecule has 0 bridgehead atoms. The molecule has 38 heavy (non-hydrogen) atoms. The van der Waals surface area contributed by atoms with Gasteiger partial charge in [0.15, 0.2) is 0 Å². The van der Waals surface area contributed by atoms with Crippen LogP contribution in [-0.4, -0.2) is 17.5 Å². The van der Waals surface area contributed by atoms with Crippen LogP contribution < -0.4 is 14.6 Å². The first-order valence-electron chi connectivity index (χ1n) is 15.0. The molecule has 0 saturated carbocycles. The highest BCUT2D eigenvalue weighted by atomic mass is 16.5. The van der Waals surface area contributed by atoms with Gasteiger partial charge in [-0.05, 0) is 94.2 Å². The lowest BCUT2D eigenvalue weighted by Gasteiger charge is -2.38. The second-order valence-electron chi connectivity index (χ2n) is 12.8. The van der Waals surface area contributed by atoms with E-state index in [1.54, 1.807) is 0 Å². The molecule has 0 amide bonds. The summed E-state index contributed by atoms with van der Waals surface area (Å²) in [5, 5.41) is 10.7. The van der Waals surface area contributed by atoms with Gasteiger partial charge in [0.25, 0.3) is 0 Å². The fraction of sp³-hybridized carbons (Fsp3) is 0.758. The van der Waals surface area contributed by atoms with Crippen LogP contribution in [0, 0.1) is 38.5 Å². The van der Waals surface area contributed by atoms with Gasteiger partial charge < -0.3 is 19.4 Å². The highest BCUT2D eigenvalue weighted by Crippen LogP contribution is 2.45. The predicted octanol–water partition coefficient (Wildman–Crippen LogP) is 7.57. The van der Waals surface area contributed by atoms with E-state index >= 15 is 0 Å². The fourth-order valence-corrected chi connectivity index (χ4v) is 5.78. The molecule has 2 rings (SSSR count). The van der Waals surface area contributed by atoms with Crippen LogP contribution in [0.1, 0.15) is 134 Å². The van der Waals surface area contributed by atoms with Gasteiger partial charge in [0.1, 0.15) is 17.1 Å². The zero-order valence-electron chi connectivity index (χ0n) is 25.5. The largest absolute Gasteiger partial charge is 0.550 e. The first-order valence-corrected chi connectivity index (χ1v) is 15.0. The number of carboxylic acids is 1. The predicted molar refractivity (Wildman–Crippen MR) is 153 cm³/mol. The second kappa shape index (κ2) is 14.9. The molecule has 1 aliphatic heterocycles. The summed E-state index contributed by atoms with van der Waals surface area (Å²) in [7, 11) is 0. The van der Waals surface area contributed by atoms with E-state index in [2.05, 4.69) is 34.6 Å². The highest BCUT2D eigenvalue weighted by molar-refractivity contribution is 5.78. The minimum atomic E-state index is -1.25. The lowest BCUT2D eigenvalue weighted by Crippen LogP contribution is -2.37. The average Bonchev–Trinajstić information content (AvgIpc) is 2.83. The Morgan fingerprint density at radius 3 is 2.03 bits per heavy atom. The van der Waals surface area contributed by atoms with Gasteiger partial charge in [-0.3, -0.25) is 4.79 Å². The quantitative estimate of drug-likeness (QED) is 0.163. The molecule has 1 aromatic carbocycles.